The summed E-state index contributed by atoms with van der Waals surface area (Å²) in [6.07, 6.45) is 6.91. The molecule has 2 aliphatic carbocycles. The first-order chi connectivity index (χ1) is 10.2. The maximum Gasteiger partial charge on any atom is 0.289 e. The Morgan fingerprint density at radius 2 is 2.33 bits per heavy atom. The van der Waals surface area contributed by atoms with Gasteiger partial charge >= 0.3 is 0 Å². The van der Waals surface area contributed by atoms with Gasteiger partial charge in [-0.25, -0.2) is 4.98 Å². The minimum atomic E-state index is -0.493. The third-order valence-electron chi connectivity index (χ3n) is 4.21. The summed E-state index contributed by atoms with van der Waals surface area (Å²) in [7, 11) is 0. The Morgan fingerprint density at radius 1 is 1.48 bits per heavy atom. The van der Waals surface area contributed by atoms with E-state index in [4.69, 9.17) is 4.42 Å². The molecular weight excluding hydrogens is 272 g/mol. The first-order valence-electron chi connectivity index (χ1n) is 7.15. The van der Waals surface area contributed by atoms with Crippen LogP contribution in [-0.4, -0.2) is 37.9 Å². The van der Waals surface area contributed by atoms with Crippen LogP contribution in [0.1, 0.15) is 47.5 Å². The van der Waals surface area contributed by atoms with E-state index in [0.29, 0.717) is 18.1 Å². The number of nitrogens with zero attached hydrogens (tertiary/aromatic N) is 3. The Bertz CT molecular complexity index is 647. The summed E-state index contributed by atoms with van der Waals surface area (Å²) in [4.78, 5) is 16.5. The van der Waals surface area contributed by atoms with Crippen LogP contribution in [0.25, 0.3) is 0 Å². The minimum absolute atomic E-state index is 0.149. The zero-order valence-electron chi connectivity index (χ0n) is 11.3. The van der Waals surface area contributed by atoms with Crippen LogP contribution in [0, 0.1) is 0 Å². The van der Waals surface area contributed by atoms with Crippen molar-refractivity contribution in [1.82, 2.24) is 20.1 Å². The zero-order valence-corrected chi connectivity index (χ0v) is 11.3. The number of amides is 1. The molecule has 7 nitrogen and oxygen atoms in total. The molecule has 2 heterocycles. The molecular formula is C14H16N4O3. The fraction of sp³-hybridized carbons (Fsp3) is 0.500. The van der Waals surface area contributed by atoms with Crippen molar-refractivity contribution in [2.45, 2.75) is 43.4 Å². The molecule has 0 saturated heterocycles. The number of hydrogen-bond acceptors (Lipinski definition) is 5. The van der Waals surface area contributed by atoms with Gasteiger partial charge < -0.3 is 14.8 Å². The van der Waals surface area contributed by atoms with Gasteiger partial charge in [-0.15, -0.1) is 0 Å². The van der Waals surface area contributed by atoms with E-state index in [0.717, 1.165) is 18.5 Å². The molecule has 0 bridgehead atoms. The first kappa shape index (κ1) is 12.6. The van der Waals surface area contributed by atoms with Gasteiger partial charge in [0.25, 0.3) is 5.91 Å². The van der Waals surface area contributed by atoms with E-state index >= 15 is 0 Å². The summed E-state index contributed by atoms with van der Waals surface area (Å²) < 4.78 is 6.92. The van der Waals surface area contributed by atoms with Gasteiger partial charge in [0.05, 0.1) is 23.9 Å². The third-order valence-corrected chi connectivity index (χ3v) is 4.21. The highest BCUT2D eigenvalue weighted by Crippen LogP contribution is 2.41. The molecule has 0 aromatic carbocycles. The average Bonchev–Trinajstić information content (AvgIpc) is 2.97. The van der Waals surface area contributed by atoms with Gasteiger partial charge in [-0.05, 0) is 25.3 Å². The minimum Gasteiger partial charge on any atom is -0.438 e. The fourth-order valence-corrected chi connectivity index (χ4v) is 2.88. The van der Waals surface area contributed by atoms with Crippen molar-refractivity contribution in [1.29, 1.82) is 0 Å². The van der Waals surface area contributed by atoms with E-state index in [-0.39, 0.29) is 18.0 Å². The molecule has 2 aromatic rings. The van der Waals surface area contributed by atoms with Gasteiger partial charge in [0.1, 0.15) is 0 Å². The summed E-state index contributed by atoms with van der Waals surface area (Å²) in [5.41, 5.74) is 0.753. The molecule has 0 unspecified atom stereocenters. The van der Waals surface area contributed by atoms with Gasteiger partial charge in [-0.2, -0.15) is 5.10 Å². The fourth-order valence-electron chi connectivity index (χ4n) is 2.88. The average molecular weight is 288 g/mol. The quantitative estimate of drug-likeness (QED) is 0.870. The van der Waals surface area contributed by atoms with E-state index in [9.17, 15) is 9.90 Å². The molecule has 2 fully saturated rings. The van der Waals surface area contributed by atoms with Crippen LogP contribution in [-0.2, 0) is 0 Å². The first-order valence-corrected chi connectivity index (χ1v) is 7.15. The Balaban J connectivity index is 1.48. The molecule has 2 saturated carbocycles. The molecule has 7 heteroatoms. The van der Waals surface area contributed by atoms with Crippen LogP contribution in [0.4, 0.5) is 0 Å². The Labute approximate surface area is 121 Å². The highest BCUT2D eigenvalue weighted by Gasteiger charge is 2.43. The summed E-state index contributed by atoms with van der Waals surface area (Å²) in [5.74, 6) is 0.403. The topological polar surface area (TPSA) is 93.2 Å². The summed E-state index contributed by atoms with van der Waals surface area (Å²) in [5, 5.41) is 16.9. The SMILES string of the molecule is O=C(N[C@H]1C[C@@H](O)[C@@H]1n1cccn1)c1ocnc1C1CC1. The normalized spacial score (nSPS) is 28.1. The Hall–Kier alpha value is -2.15. The van der Waals surface area contributed by atoms with Gasteiger partial charge in [-0.3, -0.25) is 9.48 Å². The molecule has 2 aromatic heterocycles. The molecule has 3 atom stereocenters. The smallest absolute Gasteiger partial charge is 0.289 e. The largest absolute Gasteiger partial charge is 0.438 e. The maximum atomic E-state index is 12.3. The van der Waals surface area contributed by atoms with E-state index in [2.05, 4.69) is 15.4 Å². The lowest BCUT2D eigenvalue weighted by Crippen LogP contribution is -2.56. The van der Waals surface area contributed by atoms with E-state index in [1.807, 2.05) is 0 Å². The van der Waals surface area contributed by atoms with Crippen LogP contribution in [0.2, 0.25) is 0 Å². The number of aliphatic hydroxyl groups excluding tert-OH is 1. The van der Waals surface area contributed by atoms with E-state index in [1.54, 1.807) is 23.1 Å². The molecule has 110 valence electrons. The number of nitrogens with one attached hydrogen (secondary N) is 1. The predicted molar refractivity (Wildman–Crippen MR) is 71.6 cm³/mol. The van der Waals surface area contributed by atoms with Crippen molar-refractivity contribution >= 4 is 5.91 Å². The molecule has 4 rings (SSSR count). The highest BCUT2D eigenvalue weighted by atomic mass is 16.3. The number of rotatable bonds is 4. The second kappa shape index (κ2) is 4.70. The van der Waals surface area contributed by atoms with Crippen LogP contribution in [0.5, 0.6) is 0 Å². The van der Waals surface area contributed by atoms with Gasteiger partial charge in [0.15, 0.2) is 6.39 Å². The van der Waals surface area contributed by atoms with Crippen molar-refractivity contribution in [2.75, 3.05) is 0 Å². The maximum absolute atomic E-state index is 12.3. The van der Waals surface area contributed by atoms with Gasteiger partial charge in [0, 0.05) is 18.3 Å². The van der Waals surface area contributed by atoms with Crippen LogP contribution >= 0.6 is 0 Å². The zero-order chi connectivity index (χ0) is 14.4. The summed E-state index contributed by atoms with van der Waals surface area (Å²) in [6, 6.07) is 1.42. The number of carbonyl (C=O) groups is 1. The van der Waals surface area contributed by atoms with Crippen molar-refractivity contribution in [3.8, 4) is 0 Å². The summed E-state index contributed by atoms with van der Waals surface area (Å²) >= 11 is 0. The van der Waals surface area contributed by atoms with Gasteiger partial charge in [-0.1, -0.05) is 0 Å². The lowest BCUT2D eigenvalue weighted by molar-refractivity contribution is -0.00626. The predicted octanol–water partition coefficient (Wildman–Crippen LogP) is 0.853. The van der Waals surface area contributed by atoms with Crippen molar-refractivity contribution < 1.29 is 14.3 Å². The molecule has 0 aliphatic heterocycles. The molecule has 0 spiro atoms. The molecule has 2 aliphatic rings. The van der Waals surface area contributed by atoms with Crippen LogP contribution < -0.4 is 5.32 Å². The third kappa shape index (κ3) is 2.13. The lowest BCUT2D eigenvalue weighted by Gasteiger charge is -2.41. The second-order valence-corrected chi connectivity index (χ2v) is 5.70. The molecule has 21 heavy (non-hydrogen) atoms. The standard InChI is InChI=1S/C14H16N4O3/c19-10-6-9(12(10)18-5-1-4-16-18)17-14(20)13-11(8-2-3-8)15-7-21-13/h1,4-5,7-10,12,19H,2-3,6H2,(H,17,20)/t9-,10+,12+/m0/s1. The van der Waals surface area contributed by atoms with Gasteiger partial charge in [0.2, 0.25) is 5.76 Å². The molecule has 2 N–H and O–H groups in total. The lowest BCUT2D eigenvalue weighted by atomic mass is 9.83. The van der Waals surface area contributed by atoms with E-state index < -0.39 is 6.10 Å². The summed E-state index contributed by atoms with van der Waals surface area (Å²) in [6.45, 7) is 0. The Morgan fingerprint density at radius 3 is 3.00 bits per heavy atom. The number of hydrogen-bond donors (Lipinski definition) is 2. The Kier molecular flexibility index (Phi) is 2.81. The van der Waals surface area contributed by atoms with E-state index in [1.165, 1.54) is 6.39 Å². The van der Waals surface area contributed by atoms with Crippen molar-refractivity contribution in [3.05, 3.63) is 36.3 Å². The van der Waals surface area contributed by atoms with Crippen LogP contribution in [0.15, 0.2) is 29.3 Å². The van der Waals surface area contributed by atoms with Crippen molar-refractivity contribution in [2.24, 2.45) is 0 Å². The van der Waals surface area contributed by atoms with Crippen LogP contribution in [0.3, 0.4) is 0 Å². The monoisotopic (exact) mass is 288 g/mol. The van der Waals surface area contributed by atoms with Crippen molar-refractivity contribution in [3.63, 3.8) is 0 Å². The number of aliphatic hydroxyl groups is 1. The molecule has 0 radical (unpaired) electrons. The number of oxazole rings is 1. The second-order valence-electron chi connectivity index (χ2n) is 5.70. The number of carbonyl (C=O) groups excluding carboxylic acids is 1. The highest BCUT2D eigenvalue weighted by molar-refractivity contribution is 5.93. The molecule has 1 amide bonds. The number of aromatic nitrogens is 3.